The minimum absolute atomic E-state index is 0.109. The Morgan fingerprint density at radius 2 is 1.67 bits per heavy atom. The van der Waals surface area contributed by atoms with Gasteiger partial charge in [-0.05, 0) is 36.8 Å². The zero-order valence-electron chi connectivity index (χ0n) is 11.9. The molecule has 0 N–H and O–H groups in total. The molecule has 0 amide bonds. The SMILES string of the molecule is COc1ccc(C(=O)c2cc(Br)c(C)cc2Br)c(OC)c1. The van der Waals surface area contributed by atoms with Crippen molar-refractivity contribution in [2.45, 2.75) is 6.92 Å². The van der Waals surface area contributed by atoms with Crippen LogP contribution in [0.4, 0.5) is 0 Å². The highest BCUT2D eigenvalue weighted by Crippen LogP contribution is 2.31. The van der Waals surface area contributed by atoms with Crippen molar-refractivity contribution in [2.24, 2.45) is 0 Å². The van der Waals surface area contributed by atoms with Crippen molar-refractivity contribution in [3.05, 3.63) is 56.0 Å². The molecule has 0 fully saturated rings. The summed E-state index contributed by atoms with van der Waals surface area (Å²) in [5.74, 6) is 1.03. The third kappa shape index (κ3) is 3.30. The van der Waals surface area contributed by atoms with Crippen LogP contribution in [0.5, 0.6) is 11.5 Å². The highest BCUT2D eigenvalue weighted by molar-refractivity contribution is 9.11. The van der Waals surface area contributed by atoms with Gasteiger partial charge in [0.15, 0.2) is 5.78 Å². The average molecular weight is 414 g/mol. The summed E-state index contributed by atoms with van der Waals surface area (Å²) in [5, 5.41) is 0. The van der Waals surface area contributed by atoms with E-state index >= 15 is 0 Å². The van der Waals surface area contributed by atoms with Gasteiger partial charge in [0.25, 0.3) is 0 Å². The summed E-state index contributed by atoms with van der Waals surface area (Å²) in [6.45, 7) is 1.97. The zero-order chi connectivity index (χ0) is 15.6. The molecule has 0 aliphatic rings. The molecule has 0 unspecified atom stereocenters. The lowest BCUT2D eigenvalue weighted by atomic mass is 10.0. The lowest BCUT2D eigenvalue weighted by molar-refractivity contribution is 0.103. The van der Waals surface area contributed by atoms with Gasteiger partial charge in [0.05, 0.1) is 19.8 Å². The maximum atomic E-state index is 12.7. The van der Waals surface area contributed by atoms with Crippen LogP contribution in [0.25, 0.3) is 0 Å². The van der Waals surface area contributed by atoms with E-state index in [9.17, 15) is 4.79 Å². The van der Waals surface area contributed by atoms with Crippen LogP contribution in [0, 0.1) is 6.92 Å². The molecule has 2 rings (SSSR count). The van der Waals surface area contributed by atoms with Crippen molar-refractivity contribution in [1.29, 1.82) is 0 Å². The summed E-state index contributed by atoms with van der Waals surface area (Å²) < 4.78 is 12.1. The van der Waals surface area contributed by atoms with Crippen LogP contribution < -0.4 is 9.47 Å². The number of methoxy groups -OCH3 is 2. The van der Waals surface area contributed by atoms with E-state index in [0.29, 0.717) is 22.6 Å². The first-order chi connectivity index (χ1) is 9.97. The molecular weight excluding hydrogens is 400 g/mol. The lowest BCUT2D eigenvalue weighted by Gasteiger charge is -2.11. The van der Waals surface area contributed by atoms with Gasteiger partial charge >= 0.3 is 0 Å². The van der Waals surface area contributed by atoms with Crippen molar-refractivity contribution in [3.63, 3.8) is 0 Å². The molecule has 0 spiro atoms. The third-order valence-electron chi connectivity index (χ3n) is 3.15. The minimum atomic E-state index is -0.109. The number of halogens is 2. The maximum absolute atomic E-state index is 12.7. The number of benzene rings is 2. The fraction of sp³-hybridized carbons (Fsp3) is 0.188. The molecule has 2 aromatic carbocycles. The van der Waals surface area contributed by atoms with Crippen LogP contribution >= 0.6 is 31.9 Å². The molecule has 0 aromatic heterocycles. The summed E-state index contributed by atoms with van der Waals surface area (Å²) in [6, 6.07) is 8.87. The zero-order valence-corrected chi connectivity index (χ0v) is 15.0. The van der Waals surface area contributed by atoms with Gasteiger partial charge in [-0.3, -0.25) is 4.79 Å². The molecule has 21 heavy (non-hydrogen) atoms. The van der Waals surface area contributed by atoms with Gasteiger partial charge < -0.3 is 9.47 Å². The molecule has 0 aliphatic heterocycles. The van der Waals surface area contributed by atoms with Gasteiger partial charge in [-0.15, -0.1) is 0 Å². The number of hydrogen-bond donors (Lipinski definition) is 0. The minimum Gasteiger partial charge on any atom is -0.497 e. The Kier molecular flexibility index (Phi) is 5.06. The van der Waals surface area contributed by atoms with E-state index in [4.69, 9.17) is 9.47 Å². The molecule has 3 nitrogen and oxygen atoms in total. The number of carbonyl (C=O) groups is 1. The summed E-state index contributed by atoms with van der Waals surface area (Å²) in [5.41, 5.74) is 2.13. The molecule has 110 valence electrons. The normalized spacial score (nSPS) is 10.3. The molecule has 0 bridgehead atoms. The Bertz CT molecular complexity index is 696. The van der Waals surface area contributed by atoms with E-state index in [1.54, 1.807) is 25.3 Å². The number of carbonyl (C=O) groups excluding carboxylic acids is 1. The molecule has 0 saturated heterocycles. The molecule has 0 atom stereocenters. The molecule has 0 aliphatic carbocycles. The van der Waals surface area contributed by atoms with Crippen LogP contribution in [0.1, 0.15) is 21.5 Å². The van der Waals surface area contributed by atoms with E-state index in [1.165, 1.54) is 7.11 Å². The fourth-order valence-corrected chi connectivity index (χ4v) is 2.93. The smallest absolute Gasteiger partial charge is 0.197 e. The predicted octanol–water partition coefficient (Wildman–Crippen LogP) is 4.77. The van der Waals surface area contributed by atoms with Gasteiger partial charge in [0.1, 0.15) is 11.5 Å². The van der Waals surface area contributed by atoms with Crippen molar-refractivity contribution in [3.8, 4) is 11.5 Å². The Hall–Kier alpha value is -1.33. The van der Waals surface area contributed by atoms with Crippen molar-refractivity contribution in [2.75, 3.05) is 14.2 Å². The summed E-state index contributed by atoms with van der Waals surface area (Å²) >= 11 is 6.90. The van der Waals surface area contributed by atoms with Gasteiger partial charge in [0, 0.05) is 20.6 Å². The molecule has 2 aromatic rings. The number of hydrogen-bond acceptors (Lipinski definition) is 3. The van der Waals surface area contributed by atoms with E-state index < -0.39 is 0 Å². The number of ether oxygens (including phenoxy) is 2. The van der Waals surface area contributed by atoms with E-state index in [2.05, 4.69) is 31.9 Å². The monoisotopic (exact) mass is 412 g/mol. The van der Waals surface area contributed by atoms with Crippen molar-refractivity contribution in [1.82, 2.24) is 0 Å². The van der Waals surface area contributed by atoms with Gasteiger partial charge in [-0.1, -0.05) is 31.9 Å². The third-order valence-corrected chi connectivity index (χ3v) is 4.66. The van der Waals surface area contributed by atoms with Crippen molar-refractivity contribution < 1.29 is 14.3 Å². The standard InChI is InChI=1S/C16H14Br2O3/c1-9-6-14(18)12(8-13(9)17)16(19)11-5-4-10(20-2)7-15(11)21-3/h4-8H,1-3H3. The quantitative estimate of drug-likeness (QED) is 0.677. The van der Waals surface area contributed by atoms with Crippen LogP contribution in [-0.4, -0.2) is 20.0 Å². The molecule has 0 heterocycles. The van der Waals surface area contributed by atoms with Gasteiger partial charge in [-0.25, -0.2) is 0 Å². The van der Waals surface area contributed by atoms with E-state index in [1.807, 2.05) is 19.1 Å². The first-order valence-electron chi connectivity index (χ1n) is 6.20. The summed E-state index contributed by atoms with van der Waals surface area (Å²) in [6.07, 6.45) is 0. The first kappa shape index (κ1) is 16.0. The second-order valence-corrected chi connectivity index (χ2v) is 6.19. The number of rotatable bonds is 4. The summed E-state index contributed by atoms with van der Waals surface area (Å²) in [4.78, 5) is 12.7. The van der Waals surface area contributed by atoms with Gasteiger partial charge in [-0.2, -0.15) is 0 Å². The number of aryl methyl sites for hydroxylation is 1. The molecule has 0 radical (unpaired) electrons. The topological polar surface area (TPSA) is 35.5 Å². The first-order valence-corrected chi connectivity index (χ1v) is 7.79. The predicted molar refractivity (Wildman–Crippen MR) is 89.6 cm³/mol. The van der Waals surface area contributed by atoms with Gasteiger partial charge in [0.2, 0.25) is 0 Å². The highest BCUT2D eigenvalue weighted by Gasteiger charge is 2.18. The highest BCUT2D eigenvalue weighted by atomic mass is 79.9. The van der Waals surface area contributed by atoms with E-state index in [0.717, 1.165) is 14.5 Å². The Balaban J connectivity index is 2.52. The largest absolute Gasteiger partial charge is 0.497 e. The molecule has 0 saturated carbocycles. The van der Waals surface area contributed by atoms with E-state index in [-0.39, 0.29) is 5.78 Å². The van der Waals surface area contributed by atoms with Crippen LogP contribution in [0.2, 0.25) is 0 Å². The van der Waals surface area contributed by atoms with Crippen LogP contribution in [0.15, 0.2) is 39.3 Å². The summed E-state index contributed by atoms with van der Waals surface area (Å²) in [7, 11) is 3.11. The molecule has 5 heteroatoms. The fourth-order valence-electron chi connectivity index (χ4n) is 1.95. The Morgan fingerprint density at radius 3 is 2.29 bits per heavy atom. The molecular formula is C16H14Br2O3. The maximum Gasteiger partial charge on any atom is 0.197 e. The number of ketones is 1. The van der Waals surface area contributed by atoms with Crippen LogP contribution in [-0.2, 0) is 0 Å². The Morgan fingerprint density at radius 1 is 0.952 bits per heavy atom. The second-order valence-electron chi connectivity index (χ2n) is 4.48. The van der Waals surface area contributed by atoms with Crippen molar-refractivity contribution >= 4 is 37.6 Å². The van der Waals surface area contributed by atoms with Crippen LogP contribution in [0.3, 0.4) is 0 Å². The lowest BCUT2D eigenvalue weighted by Crippen LogP contribution is -2.05. The second kappa shape index (κ2) is 6.62. The average Bonchev–Trinajstić information content (AvgIpc) is 2.49. The Labute approximate surface area is 140 Å².